The van der Waals surface area contributed by atoms with Crippen LogP contribution >= 0.6 is 34.3 Å². The van der Waals surface area contributed by atoms with E-state index in [9.17, 15) is 0 Å². The topological polar surface area (TPSA) is 15.3 Å². The van der Waals surface area contributed by atoms with Crippen molar-refractivity contribution >= 4 is 34.3 Å². The molecule has 0 saturated heterocycles. The molecule has 5 heteroatoms. The second-order valence-electron chi connectivity index (χ2n) is 4.77. The molecule has 2 nitrogen and oxygen atoms in total. The Morgan fingerprint density at radius 1 is 1.26 bits per heavy atom. The molecule has 0 bridgehead atoms. The van der Waals surface area contributed by atoms with Crippen LogP contribution in [0.1, 0.15) is 28.8 Å². The van der Waals surface area contributed by atoms with Gasteiger partial charge in [0.05, 0.1) is 10.4 Å². The molecule has 0 aromatic carbocycles. The second kappa shape index (κ2) is 6.86. The summed E-state index contributed by atoms with van der Waals surface area (Å²) >= 11 is 9.44. The minimum Gasteiger partial charge on any atom is -0.308 e. The van der Waals surface area contributed by atoms with Gasteiger partial charge < -0.3 is 10.2 Å². The van der Waals surface area contributed by atoms with E-state index in [-0.39, 0.29) is 0 Å². The van der Waals surface area contributed by atoms with Gasteiger partial charge in [-0.05, 0) is 44.6 Å². The van der Waals surface area contributed by atoms with Gasteiger partial charge in [0.15, 0.2) is 0 Å². The highest BCUT2D eigenvalue weighted by molar-refractivity contribution is 7.16. The maximum absolute atomic E-state index is 5.98. The molecule has 104 valence electrons. The lowest BCUT2D eigenvalue weighted by Crippen LogP contribution is -2.31. The summed E-state index contributed by atoms with van der Waals surface area (Å²) in [5.41, 5.74) is 0. The molecule has 0 amide bonds. The monoisotopic (exact) mass is 314 g/mol. The highest BCUT2D eigenvalue weighted by Crippen LogP contribution is 2.28. The zero-order chi connectivity index (χ0) is 13.8. The number of hydrogen-bond acceptors (Lipinski definition) is 4. The minimum atomic E-state index is 0.333. The quantitative estimate of drug-likeness (QED) is 0.849. The van der Waals surface area contributed by atoms with Crippen LogP contribution in [-0.2, 0) is 0 Å². The molecule has 2 atom stereocenters. The number of thiophene rings is 2. The smallest absolute Gasteiger partial charge is 0.0931 e. The number of nitrogens with one attached hydrogen (secondary N) is 1. The Morgan fingerprint density at radius 3 is 2.58 bits per heavy atom. The van der Waals surface area contributed by atoms with Crippen LogP contribution in [-0.4, -0.2) is 25.5 Å². The molecule has 0 radical (unpaired) electrons. The first-order valence-electron chi connectivity index (χ1n) is 6.26. The van der Waals surface area contributed by atoms with Crippen LogP contribution in [0.5, 0.6) is 0 Å². The number of likely N-dealkylation sites (N-methyl/N-ethyl adjacent to an activating group) is 1. The predicted octanol–water partition coefficient (Wildman–Crippen LogP) is 4.42. The first-order chi connectivity index (χ1) is 9.08. The highest BCUT2D eigenvalue weighted by Gasteiger charge is 2.17. The molecule has 0 aliphatic heterocycles. The molecule has 19 heavy (non-hydrogen) atoms. The summed E-state index contributed by atoms with van der Waals surface area (Å²) in [7, 11) is 4.25. The van der Waals surface area contributed by atoms with Crippen molar-refractivity contribution in [3.8, 4) is 0 Å². The number of nitrogens with zero attached hydrogens (tertiary/aromatic N) is 1. The van der Waals surface area contributed by atoms with Crippen molar-refractivity contribution in [1.82, 2.24) is 10.2 Å². The summed E-state index contributed by atoms with van der Waals surface area (Å²) in [5, 5.41) is 5.73. The molecule has 2 rings (SSSR count). The van der Waals surface area contributed by atoms with Gasteiger partial charge in [0.1, 0.15) is 0 Å². The summed E-state index contributed by atoms with van der Waals surface area (Å²) in [6.07, 6.45) is 0. The fraction of sp³-hybridized carbons (Fsp3) is 0.429. The molecule has 0 saturated carbocycles. The SMILES string of the molecule is CC(NCC(c1cccs1)N(C)C)c1ccc(Cl)s1. The molecule has 2 unspecified atom stereocenters. The molecule has 0 fully saturated rings. The zero-order valence-electron chi connectivity index (χ0n) is 11.4. The van der Waals surface area contributed by atoms with Crippen LogP contribution < -0.4 is 5.32 Å². The number of hydrogen-bond donors (Lipinski definition) is 1. The van der Waals surface area contributed by atoms with E-state index in [0.29, 0.717) is 12.1 Å². The van der Waals surface area contributed by atoms with Crippen LogP contribution in [0.15, 0.2) is 29.6 Å². The molecule has 2 heterocycles. The predicted molar refractivity (Wildman–Crippen MR) is 86.5 cm³/mol. The van der Waals surface area contributed by atoms with E-state index in [2.05, 4.69) is 54.8 Å². The van der Waals surface area contributed by atoms with Gasteiger partial charge in [0.2, 0.25) is 0 Å². The van der Waals surface area contributed by atoms with Crippen LogP contribution in [0, 0.1) is 0 Å². The Labute approximate surface area is 128 Å². The van der Waals surface area contributed by atoms with Crippen molar-refractivity contribution in [1.29, 1.82) is 0 Å². The fourth-order valence-corrected chi connectivity index (χ4v) is 3.98. The summed E-state index contributed by atoms with van der Waals surface area (Å²) in [5.74, 6) is 0. The number of rotatable bonds is 6. The zero-order valence-corrected chi connectivity index (χ0v) is 13.8. The maximum Gasteiger partial charge on any atom is 0.0931 e. The Balaban J connectivity index is 1.96. The van der Waals surface area contributed by atoms with E-state index in [4.69, 9.17) is 11.6 Å². The molecular formula is C14H19ClN2S2. The molecule has 2 aromatic heterocycles. The van der Waals surface area contributed by atoms with Gasteiger partial charge in [0, 0.05) is 22.3 Å². The second-order valence-corrected chi connectivity index (χ2v) is 7.49. The van der Waals surface area contributed by atoms with Crippen molar-refractivity contribution in [3.63, 3.8) is 0 Å². The maximum atomic E-state index is 5.98. The summed E-state index contributed by atoms with van der Waals surface area (Å²) in [4.78, 5) is 4.94. The van der Waals surface area contributed by atoms with E-state index in [1.54, 1.807) is 11.3 Å². The van der Waals surface area contributed by atoms with Crippen molar-refractivity contribution in [3.05, 3.63) is 43.7 Å². The van der Waals surface area contributed by atoms with Gasteiger partial charge in [-0.25, -0.2) is 0 Å². The Hall–Kier alpha value is -0.390. The van der Waals surface area contributed by atoms with Gasteiger partial charge >= 0.3 is 0 Å². The molecule has 0 aliphatic rings. The van der Waals surface area contributed by atoms with Gasteiger partial charge in [-0.2, -0.15) is 0 Å². The third-order valence-corrected chi connectivity index (χ3v) is 5.52. The normalized spacial score (nSPS) is 14.8. The first-order valence-corrected chi connectivity index (χ1v) is 8.33. The lowest BCUT2D eigenvalue weighted by molar-refractivity contribution is 0.286. The first kappa shape index (κ1) is 15.0. The van der Waals surface area contributed by atoms with Crippen molar-refractivity contribution in [2.24, 2.45) is 0 Å². The van der Waals surface area contributed by atoms with Crippen molar-refractivity contribution < 1.29 is 0 Å². The molecule has 0 aliphatic carbocycles. The van der Waals surface area contributed by atoms with E-state index in [0.717, 1.165) is 10.9 Å². The van der Waals surface area contributed by atoms with Crippen molar-refractivity contribution in [2.45, 2.75) is 19.0 Å². The van der Waals surface area contributed by atoms with Crippen LogP contribution in [0.2, 0.25) is 4.34 Å². The van der Waals surface area contributed by atoms with Crippen LogP contribution in [0.25, 0.3) is 0 Å². The van der Waals surface area contributed by atoms with Gasteiger partial charge in [0.25, 0.3) is 0 Å². The largest absolute Gasteiger partial charge is 0.308 e. The minimum absolute atomic E-state index is 0.333. The van der Waals surface area contributed by atoms with E-state index in [1.165, 1.54) is 9.75 Å². The molecule has 1 N–H and O–H groups in total. The van der Waals surface area contributed by atoms with Crippen LogP contribution in [0.4, 0.5) is 0 Å². The highest BCUT2D eigenvalue weighted by atomic mass is 35.5. The third kappa shape index (κ3) is 4.04. The lowest BCUT2D eigenvalue weighted by atomic mass is 10.2. The summed E-state index contributed by atoms with van der Waals surface area (Å²) in [6, 6.07) is 9.11. The summed E-state index contributed by atoms with van der Waals surface area (Å²) in [6.45, 7) is 3.12. The van der Waals surface area contributed by atoms with Crippen molar-refractivity contribution in [2.75, 3.05) is 20.6 Å². The Bertz CT molecular complexity index is 493. The van der Waals surface area contributed by atoms with Gasteiger partial charge in [-0.3, -0.25) is 0 Å². The van der Waals surface area contributed by atoms with Gasteiger partial charge in [-0.15, -0.1) is 22.7 Å². The lowest BCUT2D eigenvalue weighted by Gasteiger charge is -2.25. The molecular weight excluding hydrogens is 296 g/mol. The standard InChI is InChI=1S/C14H19ClN2S2/c1-10(12-6-7-14(15)19-12)16-9-11(17(2)3)13-5-4-8-18-13/h4-8,10-11,16H,9H2,1-3H3. The Morgan fingerprint density at radius 2 is 2.05 bits per heavy atom. The van der Waals surface area contributed by atoms with E-state index >= 15 is 0 Å². The average Bonchev–Trinajstić information content (AvgIpc) is 3.00. The van der Waals surface area contributed by atoms with E-state index < -0.39 is 0 Å². The third-order valence-electron chi connectivity index (χ3n) is 3.13. The fourth-order valence-electron chi connectivity index (χ4n) is 1.97. The summed E-state index contributed by atoms with van der Waals surface area (Å²) < 4.78 is 0.853. The van der Waals surface area contributed by atoms with Gasteiger partial charge in [-0.1, -0.05) is 17.7 Å². The molecule has 2 aromatic rings. The number of halogens is 1. The van der Waals surface area contributed by atoms with E-state index in [1.807, 2.05) is 17.4 Å². The molecule has 0 spiro atoms. The Kier molecular flexibility index (Phi) is 5.42. The van der Waals surface area contributed by atoms with Crippen LogP contribution in [0.3, 0.4) is 0 Å². The average molecular weight is 315 g/mol.